The van der Waals surface area contributed by atoms with Crippen LogP contribution in [0.25, 0.3) is 0 Å². The van der Waals surface area contributed by atoms with Crippen LogP contribution in [0.5, 0.6) is 0 Å². The normalized spacial score (nSPS) is 9.94. The zero-order chi connectivity index (χ0) is 13.7. The van der Waals surface area contributed by atoms with Crippen molar-refractivity contribution in [3.8, 4) is 0 Å². The van der Waals surface area contributed by atoms with Gasteiger partial charge in [0.2, 0.25) is 5.91 Å². The van der Waals surface area contributed by atoms with Crippen LogP contribution < -0.4 is 5.32 Å². The number of carbonyl (C=O) groups excluding carboxylic acids is 3. The first-order valence-corrected chi connectivity index (χ1v) is 5.45. The number of nitrogens with one attached hydrogen (secondary N) is 1. The van der Waals surface area contributed by atoms with E-state index in [1.165, 1.54) is 14.0 Å². The molecule has 1 heterocycles. The van der Waals surface area contributed by atoms with Gasteiger partial charge in [0.15, 0.2) is 6.29 Å². The number of hydrogen-bond acceptors (Lipinski definition) is 4. The number of esters is 1. The van der Waals surface area contributed by atoms with Crippen LogP contribution >= 0.6 is 0 Å². The maximum absolute atomic E-state index is 11.3. The lowest BCUT2D eigenvalue weighted by Crippen LogP contribution is -2.23. The maximum Gasteiger partial charge on any atom is 0.325 e. The molecule has 6 heteroatoms. The van der Waals surface area contributed by atoms with Crippen LogP contribution in [0.2, 0.25) is 0 Å². The average molecular weight is 252 g/mol. The van der Waals surface area contributed by atoms with Crippen LogP contribution in [-0.4, -0.2) is 29.8 Å². The standard InChI is InChI=1S/C12H16N2O4/c1-8-10(7-15)4-11(5-13-9(2)16)14(8)6-12(17)18-3/h4,7H,5-6H2,1-3H3,(H,13,16). The Labute approximate surface area is 105 Å². The van der Waals surface area contributed by atoms with Gasteiger partial charge in [-0.3, -0.25) is 14.4 Å². The van der Waals surface area contributed by atoms with E-state index in [0.717, 1.165) is 6.29 Å². The highest BCUT2D eigenvalue weighted by Crippen LogP contribution is 2.14. The van der Waals surface area contributed by atoms with Crippen LogP contribution in [0.15, 0.2) is 6.07 Å². The quantitative estimate of drug-likeness (QED) is 0.608. The molecule has 0 aromatic carbocycles. The third-order valence-corrected chi connectivity index (χ3v) is 2.65. The first-order chi connectivity index (χ1) is 8.49. The van der Waals surface area contributed by atoms with E-state index in [1.807, 2.05) is 0 Å². The van der Waals surface area contributed by atoms with E-state index in [4.69, 9.17) is 0 Å². The highest BCUT2D eigenvalue weighted by Gasteiger charge is 2.14. The fourth-order valence-corrected chi connectivity index (χ4v) is 1.63. The van der Waals surface area contributed by atoms with Gasteiger partial charge in [-0.05, 0) is 13.0 Å². The van der Waals surface area contributed by atoms with Gasteiger partial charge >= 0.3 is 5.97 Å². The number of nitrogens with zero attached hydrogens (tertiary/aromatic N) is 1. The molecule has 0 radical (unpaired) electrons. The molecule has 0 spiro atoms. The molecule has 0 unspecified atom stereocenters. The Morgan fingerprint density at radius 1 is 1.50 bits per heavy atom. The van der Waals surface area contributed by atoms with E-state index in [0.29, 0.717) is 17.0 Å². The van der Waals surface area contributed by atoms with E-state index in [-0.39, 0.29) is 19.0 Å². The van der Waals surface area contributed by atoms with E-state index in [2.05, 4.69) is 10.1 Å². The number of rotatable bonds is 5. The van der Waals surface area contributed by atoms with Gasteiger partial charge in [-0.15, -0.1) is 0 Å². The summed E-state index contributed by atoms with van der Waals surface area (Å²) in [6, 6.07) is 1.65. The van der Waals surface area contributed by atoms with Gasteiger partial charge in [0.1, 0.15) is 6.54 Å². The molecule has 0 aliphatic carbocycles. The number of methoxy groups -OCH3 is 1. The molecule has 0 saturated carbocycles. The van der Waals surface area contributed by atoms with Crippen molar-refractivity contribution in [3.05, 3.63) is 23.0 Å². The van der Waals surface area contributed by atoms with Crippen molar-refractivity contribution >= 4 is 18.2 Å². The van der Waals surface area contributed by atoms with Crippen LogP contribution in [0.3, 0.4) is 0 Å². The number of hydrogen-bond donors (Lipinski definition) is 1. The Balaban J connectivity index is 3.02. The van der Waals surface area contributed by atoms with Crippen molar-refractivity contribution in [3.63, 3.8) is 0 Å². The molecule has 0 saturated heterocycles. The van der Waals surface area contributed by atoms with Crippen molar-refractivity contribution in [2.45, 2.75) is 26.9 Å². The van der Waals surface area contributed by atoms with Gasteiger partial charge in [-0.25, -0.2) is 0 Å². The minimum absolute atomic E-state index is 0.0189. The first kappa shape index (κ1) is 14.0. The molecule has 0 bridgehead atoms. The molecular formula is C12H16N2O4. The molecular weight excluding hydrogens is 236 g/mol. The summed E-state index contributed by atoms with van der Waals surface area (Å²) in [6.45, 7) is 3.43. The maximum atomic E-state index is 11.3. The average Bonchev–Trinajstić information content (AvgIpc) is 2.63. The lowest BCUT2D eigenvalue weighted by Gasteiger charge is -2.10. The van der Waals surface area contributed by atoms with Crippen molar-refractivity contribution in [2.24, 2.45) is 0 Å². The van der Waals surface area contributed by atoms with E-state index in [1.54, 1.807) is 17.6 Å². The Bertz CT molecular complexity index is 477. The number of aldehydes is 1. The van der Waals surface area contributed by atoms with Crippen LogP contribution in [0.1, 0.15) is 28.7 Å². The second-order valence-electron chi connectivity index (χ2n) is 3.87. The zero-order valence-corrected chi connectivity index (χ0v) is 10.6. The summed E-state index contributed by atoms with van der Waals surface area (Å²) in [7, 11) is 1.30. The smallest absolute Gasteiger partial charge is 0.325 e. The molecule has 1 rings (SSSR count). The van der Waals surface area contributed by atoms with E-state index in [9.17, 15) is 14.4 Å². The SMILES string of the molecule is COC(=O)Cn1c(CNC(C)=O)cc(C=O)c1C. The number of ether oxygens (including phenoxy) is 1. The summed E-state index contributed by atoms with van der Waals surface area (Å²) in [4.78, 5) is 33.1. The van der Waals surface area contributed by atoms with Gasteiger partial charge in [-0.2, -0.15) is 0 Å². The third kappa shape index (κ3) is 3.19. The van der Waals surface area contributed by atoms with E-state index < -0.39 is 5.97 Å². The monoisotopic (exact) mass is 252 g/mol. The summed E-state index contributed by atoms with van der Waals surface area (Å²) >= 11 is 0. The second-order valence-corrected chi connectivity index (χ2v) is 3.87. The first-order valence-electron chi connectivity index (χ1n) is 5.45. The highest BCUT2D eigenvalue weighted by molar-refractivity contribution is 5.78. The fraction of sp³-hybridized carbons (Fsp3) is 0.417. The van der Waals surface area contributed by atoms with Crippen molar-refractivity contribution in [1.82, 2.24) is 9.88 Å². The Morgan fingerprint density at radius 2 is 2.17 bits per heavy atom. The minimum atomic E-state index is -0.407. The minimum Gasteiger partial charge on any atom is -0.468 e. The number of carbonyl (C=O) groups is 3. The largest absolute Gasteiger partial charge is 0.468 e. The molecule has 98 valence electrons. The summed E-state index contributed by atoms with van der Waals surface area (Å²) in [5.41, 5.74) is 1.87. The van der Waals surface area contributed by atoms with Crippen molar-refractivity contribution in [2.75, 3.05) is 7.11 Å². The summed E-state index contributed by atoms with van der Waals surface area (Å²) < 4.78 is 6.26. The topological polar surface area (TPSA) is 77.4 Å². The van der Waals surface area contributed by atoms with E-state index >= 15 is 0 Å². The Hall–Kier alpha value is -2.11. The molecule has 0 atom stereocenters. The molecule has 1 amide bonds. The summed E-state index contributed by atoms with van der Waals surface area (Å²) in [6.07, 6.45) is 0.723. The zero-order valence-electron chi connectivity index (χ0n) is 10.6. The summed E-state index contributed by atoms with van der Waals surface area (Å²) in [5, 5.41) is 2.63. The molecule has 1 N–H and O–H groups in total. The molecule has 6 nitrogen and oxygen atoms in total. The van der Waals surface area contributed by atoms with Crippen molar-refractivity contribution in [1.29, 1.82) is 0 Å². The third-order valence-electron chi connectivity index (χ3n) is 2.65. The number of aromatic nitrogens is 1. The molecule has 0 aliphatic heterocycles. The lowest BCUT2D eigenvalue weighted by atomic mass is 10.3. The Kier molecular flexibility index (Phi) is 4.65. The Morgan fingerprint density at radius 3 is 2.67 bits per heavy atom. The predicted octanol–water partition coefficient (Wildman–Crippen LogP) is 0.418. The van der Waals surface area contributed by atoms with Gasteiger partial charge in [0.05, 0.1) is 13.7 Å². The molecule has 1 aromatic rings. The van der Waals surface area contributed by atoms with Gasteiger partial charge in [0, 0.05) is 23.9 Å². The lowest BCUT2D eigenvalue weighted by molar-refractivity contribution is -0.141. The fourth-order valence-electron chi connectivity index (χ4n) is 1.63. The molecule has 1 aromatic heterocycles. The van der Waals surface area contributed by atoms with Crippen molar-refractivity contribution < 1.29 is 19.1 Å². The predicted molar refractivity (Wildman–Crippen MR) is 64.1 cm³/mol. The summed E-state index contributed by atoms with van der Waals surface area (Å²) in [5.74, 6) is -0.582. The van der Waals surface area contributed by atoms with Crippen LogP contribution in [0, 0.1) is 6.92 Å². The van der Waals surface area contributed by atoms with Gasteiger partial charge in [0.25, 0.3) is 0 Å². The van der Waals surface area contributed by atoms with Crippen LogP contribution in [-0.2, 0) is 27.4 Å². The second kappa shape index (κ2) is 6.00. The van der Waals surface area contributed by atoms with Gasteiger partial charge in [-0.1, -0.05) is 0 Å². The van der Waals surface area contributed by atoms with Crippen LogP contribution in [0.4, 0.5) is 0 Å². The van der Waals surface area contributed by atoms with Gasteiger partial charge < -0.3 is 14.6 Å². The molecule has 0 aliphatic rings. The molecule has 18 heavy (non-hydrogen) atoms. The number of amides is 1. The molecule has 0 fully saturated rings. The highest BCUT2D eigenvalue weighted by atomic mass is 16.5.